The SMILES string of the molecule is C[C@H]1OC(C)(C)N(C)[C@H]1C. The molecule has 0 unspecified atom stereocenters. The molecule has 2 atom stereocenters. The van der Waals surface area contributed by atoms with Crippen LogP contribution in [-0.2, 0) is 4.74 Å². The summed E-state index contributed by atoms with van der Waals surface area (Å²) in [5.41, 5.74) is -0.0706. The van der Waals surface area contributed by atoms with E-state index in [0.717, 1.165) is 0 Å². The lowest BCUT2D eigenvalue weighted by molar-refractivity contribution is -0.0626. The van der Waals surface area contributed by atoms with Gasteiger partial charge in [-0.3, -0.25) is 4.90 Å². The smallest absolute Gasteiger partial charge is 0.116 e. The molecule has 0 amide bonds. The van der Waals surface area contributed by atoms with Crippen molar-refractivity contribution in [2.24, 2.45) is 0 Å². The lowest BCUT2D eigenvalue weighted by atomic mass is 10.2. The molecule has 0 spiro atoms. The maximum atomic E-state index is 5.70. The van der Waals surface area contributed by atoms with Crippen molar-refractivity contribution < 1.29 is 4.74 Å². The van der Waals surface area contributed by atoms with Gasteiger partial charge in [-0.15, -0.1) is 0 Å². The summed E-state index contributed by atoms with van der Waals surface area (Å²) in [6.45, 7) is 8.52. The van der Waals surface area contributed by atoms with Gasteiger partial charge in [0.1, 0.15) is 5.72 Å². The van der Waals surface area contributed by atoms with E-state index in [2.05, 4.69) is 39.6 Å². The molecule has 10 heavy (non-hydrogen) atoms. The fraction of sp³-hybridized carbons (Fsp3) is 1.00. The van der Waals surface area contributed by atoms with Gasteiger partial charge >= 0.3 is 0 Å². The summed E-state index contributed by atoms with van der Waals surface area (Å²) in [7, 11) is 2.11. The van der Waals surface area contributed by atoms with Gasteiger partial charge in [-0.05, 0) is 34.7 Å². The fourth-order valence-corrected chi connectivity index (χ4v) is 1.44. The topological polar surface area (TPSA) is 12.5 Å². The fourth-order valence-electron chi connectivity index (χ4n) is 1.44. The second-order valence-electron chi connectivity index (χ2n) is 3.62. The molecule has 1 aliphatic heterocycles. The summed E-state index contributed by atoms with van der Waals surface area (Å²) in [6.07, 6.45) is 0.361. The van der Waals surface area contributed by atoms with E-state index < -0.39 is 0 Å². The Morgan fingerprint density at radius 3 is 1.90 bits per heavy atom. The zero-order chi connectivity index (χ0) is 7.94. The molecule has 1 aliphatic rings. The average Bonchev–Trinajstić information content (AvgIpc) is 1.95. The molecular formula is C8H17NO. The second kappa shape index (κ2) is 2.21. The van der Waals surface area contributed by atoms with Crippen molar-refractivity contribution in [3.63, 3.8) is 0 Å². The Kier molecular flexibility index (Phi) is 1.77. The molecule has 0 N–H and O–H groups in total. The molecule has 1 fully saturated rings. The summed E-state index contributed by atoms with van der Waals surface area (Å²) in [4.78, 5) is 2.26. The van der Waals surface area contributed by atoms with Gasteiger partial charge in [0.2, 0.25) is 0 Å². The molecule has 0 bridgehead atoms. The van der Waals surface area contributed by atoms with Crippen molar-refractivity contribution in [2.75, 3.05) is 7.05 Å². The summed E-state index contributed by atoms with van der Waals surface area (Å²) >= 11 is 0. The van der Waals surface area contributed by atoms with Crippen LogP contribution < -0.4 is 0 Å². The van der Waals surface area contributed by atoms with Crippen LogP contribution in [0.4, 0.5) is 0 Å². The monoisotopic (exact) mass is 143 g/mol. The van der Waals surface area contributed by atoms with E-state index in [1.54, 1.807) is 0 Å². The molecule has 0 aromatic heterocycles. The van der Waals surface area contributed by atoms with E-state index in [9.17, 15) is 0 Å². The van der Waals surface area contributed by atoms with E-state index in [-0.39, 0.29) is 5.72 Å². The second-order valence-corrected chi connectivity index (χ2v) is 3.62. The van der Waals surface area contributed by atoms with Crippen LogP contribution in [0, 0.1) is 0 Å². The molecule has 0 aliphatic carbocycles. The molecule has 1 rings (SSSR count). The van der Waals surface area contributed by atoms with Gasteiger partial charge in [-0.1, -0.05) is 0 Å². The molecule has 0 saturated carbocycles. The normalized spacial score (nSPS) is 40.5. The number of likely N-dealkylation sites (N-methyl/N-ethyl adjacent to an activating group) is 1. The molecule has 60 valence electrons. The lowest BCUT2D eigenvalue weighted by Gasteiger charge is -2.27. The van der Waals surface area contributed by atoms with Crippen molar-refractivity contribution in [3.8, 4) is 0 Å². The largest absolute Gasteiger partial charge is 0.356 e. The van der Waals surface area contributed by atoms with Crippen molar-refractivity contribution in [1.82, 2.24) is 4.90 Å². The summed E-state index contributed by atoms with van der Waals surface area (Å²) < 4.78 is 5.70. The lowest BCUT2D eigenvalue weighted by Crippen LogP contribution is -2.39. The van der Waals surface area contributed by atoms with E-state index in [4.69, 9.17) is 4.74 Å². The minimum absolute atomic E-state index is 0.0706. The third-order valence-corrected chi connectivity index (χ3v) is 2.61. The molecular weight excluding hydrogens is 126 g/mol. The van der Waals surface area contributed by atoms with Crippen LogP contribution in [-0.4, -0.2) is 29.8 Å². The van der Waals surface area contributed by atoms with Gasteiger partial charge in [0.15, 0.2) is 0 Å². The van der Waals surface area contributed by atoms with Gasteiger partial charge in [0.05, 0.1) is 6.10 Å². The predicted octanol–water partition coefficient (Wildman–Crippen LogP) is 1.46. The Morgan fingerprint density at radius 2 is 1.80 bits per heavy atom. The number of rotatable bonds is 0. The van der Waals surface area contributed by atoms with Gasteiger partial charge in [0, 0.05) is 6.04 Å². The van der Waals surface area contributed by atoms with E-state index in [1.807, 2.05) is 0 Å². The Balaban J connectivity index is 2.71. The summed E-state index contributed by atoms with van der Waals surface area (Å²) in [6, 6.07) is 0.537. The maximum absolute atomic E-state index is 5.70. The average molecular weight is 143 g/mol. The minimum atomic E-state index is -0.0706. The van der Waals surface area contributed by atoms with E-state index in [1.165, 1.54) is 0 Å². The van der Waals surface area contributed by atoms with Crippen LogP contribution in [0.1, 0.15) is 27.7 Å². The van der Waals surface area contributed by atoms with Crippen LogP contribution in [0.2, 0.25) is 0 Å². The maximum Gasteiger partial charge on any atom is 0.116 e. The third kappa shape index (κ3) is 1.06. The Bertz CT molecular complexity index is 133. The first kappa shape index (κ1) is 8.02. The van der Waals surface area contributed by atoms with Crippen LogP contribution in [0.25, 0.3) is 0 Å². The van der Waals surface area contributed by atoms with Gasteiger partial charge in [-0.2, -0.15) is 0 Å². The Morgan fingerprint density at radius 1 is 1.30 bits per heavy atom. The zero-order valence-corrected chi connectivity index (χ0v) is 7.51. The van der Waals surface area contributed by atoms with E-state index >= 15 is 0 Å². The van der Waals surface area contributed by atoms with E-state index in [0.29, 0.717) is 12.1 Å². The Hall–Kier alpha value is -0.0800. The molecule has 0 radical (unpaired) electrons. The Labute approximate surface area is 63.2 Å². The first-order chi connectivity index (χ1) is 4.45. The van der Waals surface area contributed by atoms with Crippen LogP contribution >= 0.6 is 0 Å². The number of hydrogen-bond acceptors (Lipinski definition) is 2. The number of ether oxygens (including phenoxy) is 1. The van der Waals surface area contributed by atoms with Crippen LogP contribution in [0.15, 0.2) is 0 Å². The molecule has 1 saturated heterocycles. The first-order valence-corrected chi connectivity index (χ1v) is 3.86. The van der Waals surface area contributed by atoms with Gasteiger partial charge in [0.25, 0.3) is 0 Å². The highest BCUT2D eigenvalue weighted by molar-refractivity contribution is 4.86. The standard InChI is InChI=1S/C8H17NO/c1-6-7(2)10-8(3,4)9(6)5/h6-7H,1-5H3/t6-,7+/m0/s1. The van der Waals surface area contributed by atoms with Gasteiger partial charge < -0.3 is 4.74 Å². The molecule has 0 aromatic rings. The zero-order valence-electron chi connectivity index (χ0n) is 7.51. The minimum Gasteiger partial charge on any atom is -0.356 e. The first-order valence-electron chi connectivity index (χ1n) is 3.86. The molecule has 1 heterocycles. The highest BCUT2D eigenvalue weighted by Gasteiger charge is 2.39. The van der Waals surface area contributed by atoms with Crippen molar-refractivity contribution >= 4 is 0 Å². The van der Waals surface area contributed by atoms with Crippen LogP contribution in [0.3, 0.4) is 0 Å². The third-order valence-electron chi connectivity index (χ3n) is 2.61. The summed E-state index contributed by atoms with van der Waals surface area (Å²) in [5, 5.41) is 0. The van der Waals surface area contributed by atoms with Crippen molar-refractivity contribution in [1.29, 1.82) is 0 Å². The number of nitrogens with zero attached hydrogens (tertiary/aromatic N) is 1. The van der Waals surface area contributed by atoms with Crippen LogP contribution in [0.5, 0.6) is 0 Å². The molecule has 0 aromatic carbocycles. The van der Waals surface area contributed by atoms with Crippen molar-refractivity contribution in [3.05, 3.63) is 0 Å². The number of hydrogen-bond donors (Lipinski definition) is 0. The predicted molar refractivity (Wildman–Crippen MR) is 41.9 cm³/mol. The highest BCUT2D eigenvalue weighted by atomic mass is 16.5. The highest BCUT2D eigenvalue weighted by Crippen LogP contribution is 2.29. The van der Waals surface area contributed by atoms with Gasteiger partial charge in [-0.25, -0.2) is 0 Å². The molecule has 2 heteroatoms. The quantitative estimate of drug-likeness (QED) is 0.509. The summed E-state index contributed by atoms with van der Waals surface area (Å²) in [5.74, 6) is 0. The molecule has 2 nitrogen and oxygen atoms in total. The van der Waals surface area contributed by atoms with Crippen molar-refractivity contribution in [2.45, 2.75) is 45.6 Å².